The van der Waals surface area contributed by atoms with Gasteiger partial charge >= 0.3 is 6.09 Å². The van der Waals surface area contributed by atoms with Gasteiger partial charge in [-0.1, -0.05) is 118 Å². The Kier molecular flexibility index (Phi) is 14.0. The molecule has 2 amide bonds. The monoisotopic (exact) mass is 683 g/mol. The molecule has 6 atom stereocenters. The lowest BCUT2D eigenvalue weighted by atomic mass is 9.96. The fourth-order valence-electron chi connectivity index (χ4n) is 6.09. The molecule has 0 bridgehead atoms. The van der Waals surface area contributed by atoms with Crippen molar-refractivity contribution in [3.63, 3.8) is 0 Å². The molecule has 2 saturated heterocycles. The maximum absolute atomic E-state index is 14.4. The third-order valence-corrected chi connectivity index (χ3v) is 34.4. The van der Waals surface area contributed by atoms with Gasteiger partial charge < -0.3 is 19.0 Å². The molecule has 0 aliphatic carbocycles. The van der Waals surface area contributed by atoms with Crippen molar-refractivity contribution in [2.45, 2.75) is 186 Å². The molecule has 2 aliphatic rings. The zero-order valence-corrected chi connectivity index (χ0v) is 34.4. The number of aliphatic hydroxyl groups excluding tert-OH is 1. The second-order valence-corrected chi connectivity index (χ2v) is 39.6. The highest BCUT2D eigenvalue weighted by atomic mass is 29.3. The van der Waals surface area contributed by atoms with Gasteiger partial charge in [0, 0.05) is 15.2 Å². The summed E-state index contributed by atoms with van der Waals surface area (Å²) in [7, 11) is -6.20. The summed E-state index contributed by atoms with van der Waals surface area (Å²) in [4.78, 5) is 29.5. The summed E-state index contributed by atoms with van der Waals surface area (Å²) in [5, 5.41) is 11.7. The Morgan fingerprint density at radius 3 is 2.02 bits per heavy atom. The standard InChI is InChI=1S/C35H69NO6Si3/c1-15-16-17-18-19-20-21-22-28-29(41-28)24-23-27(37)30-31(44(11,12)43(8,9)10)26(25-40-45(13,14)35(5,6)7)36(32(30)38)33(39)42-34(2,3)4/h23-24,26-31,37H,15-22,25H2,1-14H3/b24-23+/t26-,27-,28-,29-,30+,31-/m1/s1. The van der Waals surface area contributed by atoms with Crippen LogP contribution >= 0.6 is 0 Å². The lowest BCUT2D eigenvalue weighted by Crippen LogP contribution is -2.61. The number of imide groups is 1. The third-order valence-electron chi connectivity index (χ3n) is 11.0. The molecule has 2 aliphatic heterocycles. The molecule has 0 aromatic rings. The van der Waals surface area contributed by atoms with Crippen LogP contribution in [0.15, 0.2) is 12.2 Å². The largest absolute Gasteiger partial charge is 0.443 e. The van der Waals surface area contributed by atoms with E-state index in [4.69, 9.17) is 13.9 Å². The van der Waals surface area contributed by atoms with E-state index in [9.17, 15) is 14.7 Å². The highest BCUT2D eigenvalue weighted by Crippen LogP contribution is 2.49. The molecule has 0 spiro atoms. The van der Waals surface area contributed by atoms with Crippen molar-refractivity contribution in [1.82, 2.24) is 4.90 Å². The fourth-order valence-corrected chi connectivity index (χ4v) is 14.7. The average Bonchev–Trinajstić information content (AvgIpc) is 3.55. The number of nitrogens with zero attached hydrogens (tertiary/aromatic N) is 1. The summed E-state index contributed by atoms with van der Waals surface area (Å²) in [6, 6.07) is -0.481. The van der Waals surface area contributed by atoms with E-state index in [0.29, 0.717) is 0 Å². The van der Waals surface area contributed by atoms with Gasteiger partial charge in [-0.15, -0.1) is 0 Å². The molecule has 1 N–H and O–H groups in total. The van der Waals surface area contributed by atoms with Crippen LogP contribution in [0.3, 0.4) is 0 Å². The first-order valence-corrected chi connectivity index (χ1v) is 28.2. The second-order valence-electron chi connectivity index (χ2n) is 17.8. The van der Waals surface area contributed by atoms with Gasteiger partial charge in [-0.25, -0.2) is 9.69 Å². The van der Waals surface area contributed by atoms with Gasteiger partial charge in [0.25, 0.3) is 0 Å². The minimum Gasteiger partial charge on any atom is -0.443 e. The molecule has 0 unspecified atom stereocenters. The second kappa shape index (κ2) is 15.6. The van der Waals surface area contributed by atoms with Gasteiger partial charge in [0.05, 0.1) is 30.8 Å². The maximum Gasteiger partial charge on any atom is 0.417 e. The first-order valence-electron chi connectivity index (χ1n) is 17.7. The quantitative estimate of drug-likeness (QED) is 0.0756. The minimum atomic E-state index is -2.20. The molecule has 0 aromatic carbocycles. The number of unbranched alkanes of at least 4 members (excludes halogenated alkanes) is 6. The number of hydrogen-bond acceptors (Lipinski definition) is 6. The summed E-state index contributed by atoms with van der Waals surface area (Å²) >= 11 is 0. The highest BCUT2D eigenvalue weighted by molar-refractivity contribution is 7.41. The molecule has 0 aromatic heterocycles. The van der Waals surface area contributed by atoms with Gasteiger partial charge in [-0.05, 0) is 50.9 Å². The fraction of sp³-hybridized carbons (Fsp3) is 0.886. The van der Waals surface area contributed by atoms with Crippen molar-refractivity contribution in [2.24, 2.45) is 5.92 Å². The van der Waals surface area contributed by atoms with Crippen LogP contribution in [-0.4, -0.2) is 82.1 Å². The first-order chi connectivity index (χ1) is 20.5. The molecule has 45 heavy (non-hydrogen) atoms. The molecule has 7 nitrogen and oxygen atoms in total. The number of carbonyl (C=O) groups excluding carboxylic acids is 2. The first kappa shape index (κ1) is 40.4. The van der Waals surface area contributed by atoms with E-state index in [-0.39, 0.29) is 35.3 Å². The van der Waals surface area contributed by atoms with Crippen LogP contribution in [0.4, 0.5) is 4.79 Å². The van der Waals surface area contributed by atoms with Gasteiger partial charge in [0.2, 0.25) is 5.91 Å². The van der Waals surface area contributed by atoms with Crippen LogP contribution in [0.25, 0.3) is 0 Å². The molecular formula is C35H69NO6Si3. The van der Waals surface area contributed by atoms with Crippen molar-refractivity contribution in [3.8, 4) is 0 Å². The van der Waals surface area contributed by atoms with Crippen LogP contribution in [0, 0.1) is 5.92 Å². The average molecular weight is 684 g/mol. The van der Waals surface area contributed by atoms with E-state index in [0.717, 1.165) is 12.8 Å². The zero-order valence-electron chi connectivity index (χ0n) is 31.4. The van der Waals surface area contributed by atoms with Crippen molar-refractivity contribution < 1.29 is 28.6 Å². The normalized spacial score (nSPS) is 25.7. The Labute approximate surface area is 279 Å². The van der Waals surface area contributed by atoms with Crippen LogP contribution in [-0.2, 0) is 18.7 Å². The van der Waals surface area contributed by atoms with E-state index in [1.807, 2.05) is 26.8 Å². The number of hydrogen-bond donors (Lipinski definition) is 1. The van der Waals surface area contributed by atoms with Gasteiger partial charge in [0.15, 0.2) is 8.32 Å². The van der Waals surface area contributed by atoms with E-state index in [1.54, 1.807) is 6.08 Å². The smallest absolute Gasteiger partial charge is 0.417 e. The van der Waals surface area contributed by atoms with Gasteiger partial charge in [0.1, 0.15) is 11.7 Å². The molecular weight excluding hydrogens is 615 g/mol. The van der Waals surface area contributed by atoms with Crippen molar-refractivity contribution in [1.29, 1.82) is 0 Å². The van der Waals surface area contributed by atoms with Crippen molar-refractivity contribution in [3.05, 3.63) is 12.2 Å². The molecule has 0 saturated carbocycles. The van der Waals surface area contributed by atoms with Crippen molar-refractivity contribution >= 4 is 35.5 Å². The van der Waals surface area contributed by atoms with E-state index >= 15 is 0 Å². The number of likely N-dealkylation sites (tertiary alicyclic amines) is 1. The van der Waals surface area contributed by atoms with Crippen LogP contribution in [0.2, 0.25) is 56.4 Å². The number of aliphatic hydroxyl groups is 1. The Morgan fingerprint density at radius 1 is 0.956 bits per heavy atom. The van der Waals surface area contributed by atoms with E-state index in [1.165, 1.54) is 43.4 Å². The summed E-state index contributed by atoms with van der Waals surface area (Å²) in [5.74, 6) is -1.07. The summed E-state index contributed by atoms with van der Waals surface area (Å²) in [6.07, 6.45) is 12.2. The summed E-state index contributed by atoms with van der Waals surface area (Å²) < 4.78 is 18.5. The van der Waals surface area contributed by atoms with Crippen LogP contribution in [0.5, 0.6) is 0 Å². The highest BCUT2D eigenvalue weighted by Gasteiger charge is 2.62. The van der Waals surface area contributed by atoms with Gasteiger partial charge in [-0.3, -0.25) is 4.79 Å². The third kappa shape index (κ3) is 10.9. The number of epoxide rings is 1. The Bertz CT molecular complexity index is 1010. The molecule has 10 heteroatoms. The summed E-state index contributed by atoms with van der Waals surface area (Å²) in [5.41, 5.74) is -0.925. The molecule has 2 fully saturated rings. The van der Waals surface area contributed by atoms with E-state index in [2.05, 4.69) is 73.5 Å². The molecule has 2 heterocycles. The van der Waals surface area contributed by atoms with Gasteiger partial charge in [-0.2, -0.15) is 0 Å². The number of carbonyl (C=O) groups is 2. The van der Waals surface area contributed by atoms with E-state index < -0.39 is 53.3 Å². The lowest BCUT2D eigenvalue weighted by Gasteiger charge is -2.46. The zero-order chi connectivity index (χ0) is 34.6. The molecule has 262 valence electrons. The molecule has 0 radical (unpaired) electrons. The number of ether oxygens (including phenoxy) is 2. The topological polar surface area (TPSA) is 88.6 Å². The SMILES string of the molecule is CCCCCCCCC[C@H]1O[C@@H]1/C=C/[C@@H](O)[C@@H]1C(=O)N(C(=O)OC(C)(C)C)[C@H](CO[Si](C)(C)C(C)(C)C)[C@H]1[Si](C)(C)[Si](C)(C)C. The van der Waals surface area contributed by atoms with Crippen LogP contribution in [0.1, 0.15) is 99.8 Å². The maximum atomic E-state index is 14.4. The summed E-state index contributed by atoms with van der Waals surface area (Å²) in [6.45, 7) is 30.7. The van der Waals surface area contributed by atoms with Crippen LogP contribution < -0.4 is 0 Å². The van der Waals surface area contributed by atoms with Crippen molar-refractivity contribution in [2.75, 3.05) is 6.61 Å². The number of amides is 2. The predicted octanol–water partition coefficient (Wildman–Crippen LogP) is 9.09. The Balaban J connectivity index is 2.34. The Hall–Kier alpha value is -0.789. The predicted molar refractivity (Wildman–Crippen MR) is 195 cm³/mol. The molecule has 2 rings (SSSR count). The lowest BCUT2D eigenvalue weighted by molar-refractivity contribution is -0.133. The minimum absolute atomic E-state index is 0.0170. The Morgan fingerprint density at radius 2 is 1.51 bits per heavy atom. The number of rotatable bonds is 16.